The molecular formula is C24H18N4O2. The molecule has 0 atom stereocenters. The van der Waals surface area contributed by atoms with E-state index < -0.39 is 0 Å². The van der Waals surface area contributed by atoms with E-state index in [0.29, 0.717) is 22.6 Å². The topological polar surface area (TPSA) is 98.3 Å². The summed E-state index contributed by atoms with van der Waals surface area (Å²) in [5, 5.41) is 21.8. The summed E-state index contributed by atoms with van der Waals surface area (Å²) in [5.41, 5.74) is 7.05. The summed E-state index contributed by atoms with van der Waals surface area (Å²) in [6, 6.07) is 25.7. The first kappa shape index (κ1) is 20.3. The van der Waals surface area contributed by atoms with Crippen LogP contribution in [-0.2, 0) is 4.79 Å². The van der Waals surface area contributed by atoms with Gasteiger partial charge in [-0.05, 0) is 60.0 Å². The molecule has 3 rings (SSSR count). The first-order chi connectivity index (χ1) is 14.6. The molecule has 0 saturated carbocycles. The minimum Gasteiger partial charge on any atom is -0.484 e. The van der Waals surface area contributed by atoms with Gasteiger partial charge in [0.15, 0.2) is 6.61 Å². The number of nitrogens with one attached hydrogen (secondary N) is 1. The number of hydrazone groups is 1. The van der Waals surface area contributed by atoms with Gasteiger partial charge < -0.3 is 4.74 Å². The van der Waals surface area contributed by atoms with Crippen molar-refractivity contribution < 1.29 is 9.53 Å². The van der Waals surface area contributed by atoms with Gasteiger partial charge in [0.2, 0.25) is 0 Å². The van der Waals surface area contributed by atoms with E-state index >= 15 is 0 Å². The zero-order chi connectivity index (χ0) is 21.3. The lowest BCUT2D eigenvalue weighted by atomic mass is 10.0. The second-order valence-electron chi connectivity index (χ2n) is 6.42. The summed E-state index contributed by atoms with van der Waals surface area (Å²) in [7, 11) is 0. The molecule has 0 aliphatic heterocycles. The molecule has 0 aromatic heterocycles. The van der Waals surface area contributed by atoms with Crippen molar-refractivity contribution in [2.75, 3.05) is 6.61 Å². The molecule has 3 aromatic rings. The average molecular weight is 394 g/mol. The Morgan fingerprint density at radius 3 is 1.90 bits per heavy atom. The lowest BCUT2D eigenvalue weighted by Gasteiger charge is -2.07. The molecule has 6 heteroatoms. The van der Waals surface area contributed by atoms with Gasteiger partial charge in [-0.1, -0.05) is 36.4 Å². The van der Waals surface area contributed by atoms with Crippen LogP contribution in [0.1, 0.15) is 23.6 Å². The molecule has 146 valence electrons. The maximum absolute atomic E-state index is 12.0. The molecule has 6 nitrogen and oxygen atoms in total. The van der Waals surface area contributed by atoms with Gasteiger partial charge >= 0.3 is 0 Å². The van der Waals surface area contributed by atoms with Crippen LogP contribution < -0.4 is 10.2 Å². The Balaban J connectivity index is 1.52. The predicted molar refractivity (Wildman–Crippen MR) is 114 cm³/mol. The molecule has 0 heterocycles. The maximum Gasteiger partial charge on any atom is 0.277 e. The van der Waals surface area contributed by atoms with Crippen LogP contribution in [0.5, 0.6) is 5.75 Å². The van der Waals surface area contributed by atoms with E-state index in [2.05, 4.69) is 22.7 Å². The van der Waals surface area contributed by atoms with Gasteiger partial charge in [-0.15, -0.1) is 0 Å². The summed E-state index contributed by atoms with van der Waals surface area (Å²) < 4.78 is 5.50. The summed E-state index contributed by atoms with van der Waals surface area (Å²) in [5.74, 6) is 0.189. The molecule has 0 radical (unpaired) electrons. The number of benzene rings is 3. The first-order valence-electron chi connectivity index (χ1n) is 9.16. The summed E-state index contributed by atoms with van der Waals surface area (Å²) in [6.45, 7) is 1.60. The smallest absolute Gasteiger partial charge is 0.277 e. The third-order valence-electron chi connectivity index (χ3n) is 4.35. The highest BCUT2D eigenvalue weighted by Gasteiger charge is 2.04. The quantitative estimate of drug-likeness (QED) is 0.504. The normalized spacial score (nSPS) is 10.6. The zero-order valence-electron chi connectivity index (χ0n) is 16.3. The number of carbonyl (C=O) groups excluding carboxylic acids is 1. The molecule has 0 bridgehead atoms. The number of nitrogens with zero attached hydrogens (tertiary/aromatic N) is 3. The van der Waals surface area contributed by atoms with Gasteiger partial charge in [0.1, 0.15) is 5.75 Å². The highest BCUT2D eigenvalue weighted by atomic mass is 16.5. The van der Waals surface area contributed by atoms with Gasteiger partial charge in [0.05, 0.1) is 29.0 Å². The second-order valence-corrected chi connectivity index (χ2v) is 6.42. The molecule has 3 aromatic carbocycles. The maximum atomic E-state index is 12.0. The highest BCUT2D eigenvalue weighted by Crippen LogP contribution is 2.22. The van der Waals surface area contributed by atoms with Crippen LogP contribution in [-0.4, -0.2) is 18.2 Å². The van der Waals surface area contributed by atoms with E-state index in [9.17, 15) is 4.79 Å². The molecule has 1 N–H and O–H groups in total. The predicted octanol–water partition coefficient (Wildman–Crippen LogP) is 4.02. The molecule has 1 amide bonds. The fraction of sp³-hybridized carbons (Fsp3) is 0.0833. The highest BCUT2D eigenvalue weighted by molar-refractivity contribution is 5.99. The number of amides is 1. The Hall–Kier alpha value is -4.42. The van der Waals surface area contributed by atoms with Crippen molar-refractivity contribution in [3.8, 4) is 29.0 Å². The van der Waals surface area contributed by atoms with E-state index in [1.807, 2.05) is 24.3 Å². The lowest BCUT2D eigenvalue weighted by Crippen LogP contribution is -2.25. The molecule has 0 aliphatic rings. The second kappa shape index (κ2) is 9.68. The van der Waals surface area contributed by atoms with Crippen molar-refractivity contribution in [1.29, 1.82) is 10.5 Å². The third-order valence-corrected chi connectivity index (χ3v) is 4.35. The van der Waals surface area contributed by atoms with Gasteiger partial charge in [-0.2, -0.15) is 15.6 Å². The molecule has 0 spiro atoms. The van der Waals surface area contributed by atoms with Gasteiger partial charge in [-0.3, -0.25) is 4.79 Å². The number of ether oxygens (including phenoxy) is 1. The van der Waals surface area contributed by atoms with Gasteiger partial charge in [0, 0.05) is 0 Å². The van der Waals surface area contributed by atoms with Crippen LogP contribution in [0.25, 0.3) is 11.1 Å². The number of hydrogen-bond acceptors (Lipinski definition) is 5. The van der Waals surface area contributed by atoms with Crippen molar-refractivity contribution in [3.63, 3.8) is 0 Å². The Morgan fingerprint density at radius 2 is 1.37 bits per heavy atom. The van der Waals surface area contributed by atoms with E-state index in [1.165, 1.54) is 0 Å². The Morgan fingerprint density at radius 1 is 0.867 bits per heavy atom. The SMILES string of the molecule is CC(=NNC(=O)COc1ccc(-c2ccc(C#N)cc2)cc1)c1ccc(C#N)cc1. The number of hydrogen-bond donors (Lipinski definition) is 1. The third kappa shape index (κ3) is 5.31. The first-order valence-corrected chi connectivity index (χ1v) is 9.16. The lowest BCUT2D eigenvalue weighted by molar-refractivity contribution is -0.123. The number of rotatable bonds is 6. The van der Waals surface area contributed by atoms with E-state index in [4.69, 9.17) is 15.3 Å². The van der Waals surface area contributed by atoms with E-state index in [0.717, 1.165) is 16.7 Å². The van der Waals surface area contributed by atoms with Crippen LogP contribution in [0.2, 0.25) is 0 Å². The van der Waals surface area contributed by atoms with Gasteiger partial charge in [0.25, 0.3) is 5.91 Å². The minimum absolute atomic E-state index is 0.166. The van der Waals surface area contributed by atoms with Crippen molar-refractivity contribution in [2.24, 2.45) is 5.10 Å². The number of nitriles is 2. The largest absolute Gasteiger partial charge is 0.484 e. The van der Waals surface area contributed by atoms with Crippen LogP contribution in [0, 0.1) is 22.7 Å². The van der Waals surface area contributed by atoms with Crippen molar-refractivity contribution in [1.82, 2.24) is 5.43 Å². The van der Waals surface area contributed by atoms with E-state index in [1.54, 1.807) is 55.5 Å². The van der Waals surface area contributed by atoms with Gasteiger partial charge in [-0.25, -0.2) is 5.43 Å². The standard InChI is InChI=1S/C24H18N4O2/c1-17(20-6-2-18(14-25)3-7-20)27-28-24(29)16-30-23-12-10-22(11-13-23)21-8-4-19(15-26)5-9-21/h2-13H,16H2,1H3,(H,28,29). The van der Waals surface area contributed by atoms with Crippen LogP contribution >= 0.6 is 0 Å². The Kier molecular flexibility index (Phi) is 6.55. The average Bonchev–Trinajstić information content (AvgIpc) is 2.81. The van der Waals surface area contributed by atoms with Crippen LogP contribution in [0.3, 0.4) is 0 Å². The molecule has 0 aliphatic carbocycles. The molecule has 0 unspecified atom stereocenters. The van der Waals surface area contributed by atoms with Crippen molar-refractivity contribution in [2.45, 2.75) is 6.92 Å². The molecule has 0 saturated heterocycles. The van der Waals surface area contributed by atoms with E-state index in [-0.39, 0.29) is 12.5 Å². The van der Waals surface area contributed by atoms with Crippen LogP contribution in [0.4, 0.5) is 0 Å². The van der Waals surface area contributed by atoms with Crippen molar-refractivity contribution in [3.05, 3.63) is 89.5 Å². The molecule has 30 heavy (non-hydrogen) atoms. The van der Waals surface area contributed by atoms with Crippen LogP contribution in [0.15, 0.2) is 77.9 Å². The Bertz CT molecular complexity index is 1130. The molecule has 0 fully saturated rings. The minimum atomic E-state index is -0.376. The fourth-order valence-electron chi connectivity index (χ4n) is 2.66. The fourth-order valence-corrected chi connectivity index (χ4v) is 2.66. The summed E-state index contributed by atoms with van der Waals surface area (Å²) in [4.78, 5) is 12.0. The Labute approximate surface area is 174 Å². The zero-order valence-corrected chi connectivity index (χ0v) is 16.3. The summed E-state index contributed by atoms with van der Waals surface area (Å²) in [6.07, 6.45) is 0. The summed E-state index contributed by atoms with van der Waals surface area (Å²) >= 11 is 0. The monoisotopic (exact) mass is 394 g/mol. The number of carbonyl (C=O) groups is 1. The van der Waals surface area contributed by atoms with Crippen molar-refractivity contribution >= 4 is 11.6 Å². The molecular weight excluding hydrogens is 376 g/mol.